The smallest absolute Gasteiger partial charge is 0.211 e. The minimum Gasteiger partial charge on any atom is -0.384 e. The Morgan fingerprint density at radius 2 is 2.29 bits per heavy atom. The predicted molar refractivity (Wildman–Crippen MR) is 78.7 cm³/mol. The maximum atomic E-state index is 13.1. The summed E-state index contributed by atoms with van der Waals surface area (Å²) in [6, 6.07) is 5.97. The van der Waals surface area contributed by atoms with Crippen molar-refractivity contribution in [2.24, 2.45) is 5.92 Å². The van der Waals surface area contributed by atoms with E-state index in [1.165, 1.54) is 28.8 Å². The summed E-state index contributed by atoms with van der Waals surface area (Å²) in [6.07, 6.45) is 2.98. The van der Waals surface area contributed by atoms with Crippen LogP contribution in [0.3, 0.4) is 0 Å². The molecule has 21 heavy (non-hydrogen) atoms. The van der Waals surface area contributed by atoms with Crippen LogP contribution in [0, 0.1) is 23.1 Å². The number of nitriles is 1. The molecule has 0 saturated carbocycles. The first-order valence-electron chi connectivity index (χ1n) is 6.79. The fraction of sp³-hybridized carbons (Fsp3) is 0.500. The Labute approximate surface area is 124 Å². The van der Waals surface area contributed by atoms with Crippen molar-refractivity contribution < 1.29 is 12.8 Å². The lowest BCUT2D eigenvalue weighted by Gasteiger charge is -2.31. The second-order valence-electron chi connectivity index (χ2n) is 5.31. The van der Waals surface area contributed by atoms with E-state index >= 15 is 0 Å². The largest absolute Gasteiger partial charge is 0.384 e. The lowest BCUT2D eigenvalue weighted by molar-refractivity contribution is 0.277. The van der Waals surface area contributed by atoms with Crippen molar-refractivity contribution in [1.29, 1.82) is 5.26 Å². The Morgan fingerprint density at radius 1 is 1.52 bits per heavy atom. The highest BCUT2D eigenvalue weighted by molar-refractivity contribution is 7.88. The number of halogens is 1. The van der Waals surface area contributed by atoms with E-state index in [0.29, 0.717) is 25.3 Å². The summed E-state index contributed by atoms with van der Waals surface area (Å²) >= 11 is 0. The molecule has 0 aromatic heterocycles. The Kier molecular flexibility index (Phi) is 4.80. The maximum absolute atomic E-state index is 13.1. The van der Waals surface area contributed by atoms with Crippen LogP contribution in [0.4, 0.5) is 10.1 Å². The molecule has 0 bridgehead atoms. The maximum Gasteiger partial charge on any atom is 0.211 e. The summed E-state index contributed by atoms with van der Waals surface area (Å²) in [5, 5.41) is 12.1. The molecule has 7 heteroatoms. The second kappa shape index (κ2) is 6.41. The molecule has 1 N–H and O–H groups in total. The number of anilines is 1. The molecule has 114 valence electrons. The van der Waals surface area contributed by atoms with Crippen molar-refractivity contribution in [1.82, 2.24) is 4.31 Å². The van der Waals surface area contributed by atoms with Gasteiger partial charge in [0.2, 0.25) is 10.0 Å². The van der Waals surface area contributed by atoms with Gasteiger partial charge in [-0.3, -0.25) is 0 Å². The third-order valence-corrected chi connectivity index (χ3v) is 4.90. The van der Waals surface area contributed by atoms with Gasteiger partial charge in [-0.25, -0.2) is 17.1 Å². The van der Waals surface area contributed by atoms with Gasteiger partial charge in [0.05, 0.1) is 17.5 Å². The van der Waals surface area contributed by atoms with Crippen LogP contribution >= 0.6 is 0 Å². The van der Waals surface area contributed by atoms with Gasteiger partial charge in [-0.2, -0.15) is 5.26 Å². The molecule has 1 unspecified atom stereocenters. The zero-order valence-electron chi connectivity index (χ0n) is 11.8. The van der Waals surface area contributed by atoms with Gasteiger partial charge in [-0.05, 0) is 37.0 Å². The Balaban J connectivity index is 1.99. The molecule has 1 aromatic rings. The molecule has 1 aromatic carbocycles. The predicted octanol–water partition coefficient (Wildman–Crippen LogP) is 1.78. The topological polar surface area (TPSA) is 73.2 Å². The molecule has 0 radical (unpaired) electrons. The van der Waals surface area contributed by atoms with Crippen LogP contribution in [0.5, 0.6) is 0 Å². The first-order valence-corrected chi connectivity index (χ1v) is 8.63. The van der Waals surface area contributed by atoms with Crippen LogP contribution in [0.1, 0.15) is 18.4 Å². The molecular weight excluding hydrogens is 293 g/mol. The Bertz CT molecular complexity index is 655. The van der Waals surface area contributed by atoms with Crippen molar-refractivity contribution in [3.8, 4) is 6.07 Å². The zero-order chi connectivity index (χ0) is 15.5. The van der Waals surface area contributed by atoms with Crippen LogP contribution in [0.2, 0.25) is 0 Å². The molecule has 1 atom stereocenters. The van der Waals surface area contributed by atoms with E-state index in [2.05, 4.69) is 5.32 Å². The third-order valence-electron chi connectivity index (χ3n) is 3.63. The van der Waals surface area contributed by atoms with Gasteiger partial charge in [-0.15, -0.1) is 0 Å². The molecule has 0 spiro atoms. The van der Waals surface area contributed by atoms with E-state index in [0.717, 1.165) is 12.8 Å². The van der Waals surface area contributed by atoms with Gasteiger partial charge in [0.25, 0.3) is 0 Å². The summed E-state index contributed by atoms with van der Waals surface area (Å²) in [5.74, 6) is -0.261. The number of hydrogen-bond donors (Lipinski definition) is 1. The second-order valence-corrected chi connectivity index (χ2v) is 7.29. The normalized spacial score (nSPS) is 20.0. The number of hydrogen-bond acceptors (Lipinski definition) is 4. The van der Waals surface area contributed by atoms with E-state index in [1.807, 2.05) is 6.07 Å². The zero-order valence-corrected chi connectivity index (χ0v) is 12.7. The van der Waals surface area contributed by atoms with Crippen LogP contribution < -0.4 is 5.32 Å². The van der Waals surface area contributed by atoms with Gasteiger partial charge < -0.3 is 5.32 Å². The fourth-order valence-electron chi connectivity index (χ4n) is 2.51. The molecule has 1 aliphatic heterocycles. The van der Waals surface area contributed by atoms with Crippen LogP contribution in [0.25, 0.3) is 0 Å². The third kappa shape index (κ3) is 4.16. The summed E-state index contributed by atoms with van der Waals surface area (Å²) in [5.41, 5.74) is 0.834. The van der Waals surface area contributed by atoms with Crippen LogP contribution in [0.15, 0.2) is 18.2 Å². The molecule has 1 saturated heterocycles. The first kappa shape index (κ1) is 15.7. The Hall–Kier alpha value is -1.65. The average Bonchev–Trinajstić information content (AvgIpc) is 2.45. The number of sulfonamides is 1. The minimum atomic E-state index is -3.16. The van der Waals surface area contributed by atoms with Gasteiger partial charge in [-0.1, -0.05) is 0 Å². The van der Waals surface area contributed by atoms with Crippen LogP contribution in [-0.4, -0.2) is 38.6 Å². The molecule has 0 aliphatic carbocycles. The first-order chi connectivity index (χ1) is 9.90. The average molecular weight is 311 g/mol. The highest BCUT2D eigenvalue weighted by Crippen LogP contribution is 2.21. The molecule has 1 fully saturated rings. The van der Waals surface area contributed by atoms with Crippen molar-refractivity contribution in [2.75, 3.05) is 31.2 Å². The molecule has 0 amide bonds. The number of piperidine rings is 1. The summed E-state index contributed by atoms with van der Waals surface area (Å²) in [7, 11) is -3.16. The molecule has 5 nitrogen and oxygen atoms in total. The number of benzene rings is 1. The van der Waals surface area contributed by atoms with Gasteiger partial charge in [0.15, 0.2) is 0 Å². The fourth-order valence-corrected chi connectivity index (χ4v) is 3.45. The molecule has 1 aliphatic rings. The quantitative estimate of drug-likeness (QED) is 0.920. The van der Waals surface area contributed by atoms with Crippen molar-refractivity contribution in [2.45, 2.75) is 12.8 Å². The number of rotatable bonds is 4. The number of nitrogens with zero attached hydrogens (tertiary/aromatic N) is 2. The standard InChI is InChI=1S/C14H18FN3O2S/c1-21(19,20)18-6-2-3-11(10-18)9-17-14-5-4-13(15)7-12(14)8-16/h4-5,7,11,17H,2-3,6,9-10H2,1H3. The summed E-state index contributed by atoms with van der Waals surface area (Å²) < 4.78 is 37.7. The Morgan fingerprint density at radius 3 is 2.95 bits per heavy atom. The minimum absolute atomic E-state index is 0.185. The lowest BCUT2D eigenvalue weighted by Crippen LogP contribution is -2.41. The number of nitrogens with one attached hydrogen (secondary N) is 1. The monoisotopic (exact) mass is 311 g/mol. The van der Waals surface area contributed by atoms with Gasteiger partial charge in [0, 0.05) is 19.6 Å². The highest BCUT2D eigenvalue weighted by Gasteiger charge is 2.25. The van der Waals surface area contributed by atoms with E-state index < -0.39 is 15.8 Å². The molecule has 2 rings (SSSR count). The SMILES string of the molecule is CS(=O)(=O)N1CCCC(CNc2ccc(F)cc2C#N)C1. The van der Waals surface area contributed by atoms with E-state index in [9.17, 15) is 12.8 Å². The summed E-state index contributed by atoms with van der Waals surface area (Å²) in [6.45, 7) is 1.61. The van der Waals surface area contributed by atoms with E-state index in [4.69, 9.17) is 5.26 Å². The van der Waals surface area contributed by atoms with E-state index in [1.54, 1.807) is 0 Å². The lowest BCUT2D eigenvalue weighted by atomic mass is 9.99. The van der Waals surface area contributed by atoms with E-state index in [-0.39, 0.29) is 11.5 Å². The van der Waals surface area contributed by atoms with Crippen molar-refractivity contribution >= 4 is 15.7 Å². The van der Waals surface area contributed by atoms with Crippen molar-refractivity contribution in [3.05, 3.63) is 29.6 Å². The highest BCUT2D eigenvalue weighted by atomic mass is 32.2. The van der Waals surface area contributed by atoms with Gasteiger partial charge in [0.1, 0.15) is 11.9 Å². The summed E-state index contributed by atoms with van der Waals surface area (Å²) in [4.78, 5) is 0. The van der Waals surface area contributed by atoms with Gasteiger partial charge >= 0.3 is 0 Å². The van der Waals surface area contributed by atoms with Crippen LogP contribution in [-0.2, 0) is 10.0 Å². The molecular formula is C14H18FN3O2S. The molecule has 1 heterocycles. The van der Waals surface area contributed by atoms with Crippen molar-refractivity contribution in [3.63, 3.8) is 0 Å².